The van der Waals surface area contributed by atoms with E-state index < -0.39 is 5.97 Å². The van der Waals surface area contributed by atoms with Gasteiger partial charge in [0.25, 0.3) is 0 Å². The molecule has 0 atom stereocenters. The molecule has 0 radical (unpaired) electrons. The van der Waals surface area contributed by atoms with Crippen LogP contribution in [0.4, 0.5) is 5.69 Å². The second kappa shape index (κ2) is 4.90. The van der Waals surface area contributed by atoms with Crippen molar-refractivity contribution in [1.82, 2.24) is 0 Å². The first-order valence-electron chi connectivity index (χ1n) is 5.18. The minimum atomic E-state index is -0.394. The summed E-state index contributed by atoms with van der Waals surface area (Å²) in [6.07, 6.45) is 0. The minimum absolute atomic E-state index is 0.394. The highest BCUT2D eigenvalue weighted by atomic mass is 32.1. The van der Waals surface area contributed by atoms with Crippen LogP contribution in [0.1, 0.15) is 12.5 Å². The lowest BCUT2D eigenvalue weighted by atomic mass is 10.1. The first-order valence-corrected chi connectivity index (χ1v) is 6.00. The fraction of sp³-hybridized carbons (Fsp3) is 0.0769. The van der Waals surface area contributed by atoms with E-state index in [-0.39, 0.29) is 0 Å². The van der Waals surface area contributed by atoms with Crippen LogP contribution in [0.2, 0.25) is 0 Å². The number of benzene rings is 1. The number of carbonyl (C=O) groups is 1. The Morgan fingerprint density at radius 2 is 2.06 bits per heavy atom. The average molecular weight is 258 g/mol. The van der Waals surface area contributed by atoms with E-state index >= 15 is 0 Å². The van der Waals surface area contributed by atoms with E-state index in [1.54, 1.807) is 18.2 Å². The summed E-state index contributed by atoms with van der Waals surface area (Å²) in [5, 5.41) is 9.13. The van der Waals surface area contributed by atoms with Crippen LogP contribution >= 0.6 is 11.3 Å². The predicted octanol–water partition coefficient (Wildman–Crippen LogP) is 2.79. The molecule has 1 aromatic heterocycles. The highest BCUT2D eigenvalue weighted by Crippen LogP contribution is 2.39. The van der Waals surface area contributed by atoms with Crippen LogP contribution in [0.15, 0.2) is 30.3 Å². The monoisotopic (exact) mass is 258 g/mol. The zero-order chi connectivity index (χ0) is 13.1. The van der Waals surface area contributed by atoms with E-state index in [4.69, 9.17) is 15.7 Å². The Bertz CT molecular complexity index is 623. The molecule has 1 heterocycles. The number of ether oxygens (including phenoxy) is 1. The van der Waals surface area contributed by atoms with Gasteiger partial charge in [-0.05, 0) is 23.8 Å². The van der Waals surface area contributed by atoms with Crippen molar-refractivity contribution in [3.05, 3.63) is 35.9 Å². The normalized spacial score (nSPS) is 9.78. The summed E-state index contributed by atoms with van der Waals surface area (Å²) in [5.74, 6) is -0.394. The molecular weight excluding hydrogens is 248 g/mol. The molecule has 90 valence electrons. The second-order valence-electron chi connectivity index (χ2n) is 3.64. The van der Waals surface area contributed by atoms with Crippen molar-refractivity contribution < 1.29 is 9.53 Å². The van der Waals surface area contributed by atoms with E-state index in [9.17, 15) is 4.79 Å². The van der Waals surface area contributed by atoms with Crippen LogP contribution in [-0.4, -0.2) is 5.97 Å². The van der Waals surface area contributed by atoms with Crippen LogP contribution in [0, 0.1) is 11.3 Å². The quantitative estimate of drug-likeness (QED) is 0.840. The van der Waals surface area contributed by atoms with Gasteiger partial charge in [-0.2, -0.15) is 5.26 Å². The van der Waals surface area contributed by atoms with E-state index in [1.807, 2.05) is 12.1 Å². The molecule has 0 aliphatic carbocycles. The Morgan fingerprint density at radius 1 is 1.39 bits per heavy atom. The fourth-order valence-electron chi connectivity index (χ4n) is 1.45. The van der Waals surface area contributed by atoms with Crippen LogP contribution in [-0.2, 0) is 4.79 Å². The van der Waals surface area contributed by atoms with Gasteiger partial charge in [-0.3, -0.25) is 4.79 Å². The van der Waals surface area contributed by atoms with E-state index in [0.717, 1.165) is 10.4 Å². The summed E-state index contributed by atoms with van der Waals surface area (Å²) < 4.78 is 4.99. The molecule has 0 bridgehead atoms. The summed E-state index contributed by atoms with van der Waals surface area (Å²) in [6, 6.07) is 10.9. The molecule has 0 amide bonds. The smallest absolute Gasteiger partial charge is 0.308 e. The van der Waals surface area contributed by atoms with Crippen LogP contribution < -0.4 is 10.5 Å². The Hall–Kier alpha value is -2.32. The SMILES string of the molecule is CC(=O)Oc1sc(-c2ccc(C#N)cc2)cc1N. The fourth-order valence-corrected chi connectivity index (χ4v) is 2.43. The van der Waals surface area contributed by atoms with Crippen LogP contribution in [0.5, 0.6) is 5.06 Å². The summed E-state index contributed by atoms with van der Waals surface area (Å²) in [7, 11) is 0. The molecule has 2 rings (SSSR count). The van der Waals surface area contributed by atoms with Crippen molar-refractivity contribution in [1.29, 1.82) is 5.26 Å². The second-order valence-corrected chi connectivity index (χ2v) is 4.65. The van der Waals surface area contributed by atoms with Gasteiger partial charge in [0.05, 0.1) is 17.3 Å². The van der Waals surface area contributed by atoms with Crippen molar-refractivity contribution >= 4 is 23.0 Å². The van der Waals surface area contributed by atoms with E-state index in [1.165, 1.54) is 18.3 Å². The number of esters is 1. The first kappa shape index (κ1) is 12.1. The van der Waals surface area contributed by atoms with Gasteiger partial charge in [-0.15, -0.1) is 0 Å². The van der Waals surface area contributed by atoms with Crippen molar-refractivity contribution in [2.24, 2.45) is 0 Å². The summed E-state index contributed by atoms with van der Waals surface area (Å²) in [5.41, 5.74) is 7.74. The maximum absolute atomic E-state index is 10.9. The zero-order valence-corrected chi connectivity index (χ0v) is 10.5. The number of nitrogens with zero attached hydrogens (tertiary/aromatic N) is 1. The number of carbonyl (C=O) groups excluding carboxylic acids is 1. The first-order chi connectivity index (χ1) is 8.60. The van der Waals surface area contributed by atoms with Gasteiger partial charge in [-0.1, -0.05) is 23.5 Å². The Balaban J connectivity index is 2.33. The molecule has 1 aromatic carbocycles. The molecule has 18 heavy (non-hydrogen) atoms. The lowest BCUT2D eigenvalue weighted by Gasteiger charge is -1.97. The van der Waals surface area contributed by atoms with Gasteiger partial charge < -0.3 is 10.5 Å². The summed E-state index contributed by atoms with van der Waals surface area (Å²) in [6.45, 7) is 1.33. The maximum atomic E-state index is 10.9. The molecule has 4 nitrogen and oxygen atoms in total. The van der Waals surface area contributed by atoms with E-state index in [0.29, 0.717) is 16.3 Å². The van der Waals surface area contributed by atoms with Gasteiger partial charge in [0.15, 0.2) is 0 Å². The largest absolute Gasteiger partial charge is 0.413 e. The third kappa shape index (κ3) is 2.50. The molecule has 0 saturated heterocycles. The molecule has 2 N–H and O–H groups in total. The Kier molecular flexibility index (Phi) is 3.31. The minimum Gasteiger partial charge on any atom is -0.413 e. The summed E-state index contributed by atoms with van der Waals surface area (Å²) >= 11 is 1.30. The van der Waals surface area contributed by atoms with E-state index in [2.05, 4.69) is 6.07 Å². The highest BCUT2D eigenvalue weighted by Gasteiger charge is 2.11. The van der Waals surface area contributed by atoms with Gasteiger partial charge in [-0.25, -0.2) is 0 Å². The van der Waals surface area contributed by atoms with Crippen LogP contribution in [0.3, 0.4) is 0 Å². The lowest BCUT2D eigenvalue weighted by Crippen LogP contribution is -2.01. The third-order valence-corrected chi connectivity index (χ3v) is 3.34. The molecule has 0 unspecified atom stereocenters. The van der Waals surface area contributed by atoms with Gasteiger partial charge in [0, 0.05) is 11.8 Å². The van der Waals surface area contributed by atoms with Crippen molar-refractivity contribution in [2.45, 2.75) is 6.92 Å². The number of nitrogens with two attached hydrogens (primary N) is 1. The molecule has 5 heteroatoms. The number of nitrogen functional groups attached to an aromatic ring is 1. The Morgan fingerprint density at radius 3 is 2.61 bits per heavy atom. The zero-order valence-electron chi connectivity index (χ0n) is 9.64. The maximum Gasteiger partial charge on any atom is 0.308 e. The number of hydrogen-bond donors (Lipinski definition) is 1. The number of anilines is 1. The number of rotatable bonds is 2. The summed E-state index contributed by atoms with van der Waals surface area (Å²) in [4.78, 5) is 11.8. The number of nitriles is 1. The van der Waals surface area contributed by atoms with Crippen LogP contribution in [0.25, 0.3) is 10.4 Å². The Labute approximate surface area is 108 Å². The van der Waals surface area contributed by atoms with Gasteiger partial charge in [0.2, 0.25) is 5.06 Å². The van der Waals surface area contributed by atoms with Gasteiger partial charge in [0.1, 0.15) is 0 Å². The molecule has 0 saturated carbocycles. The molecule has 0 aliphatic rings. The third-order valence-electron chi connectivity index (χ3n) is 2.26. The topological polar surface area (TPSA) is 76.1 Å². The molecule has 2 aromatic rings. The molecule has 0 fully saturated rings. The van der Waals surface area contributed by atoms with Crippen molar-refractivity contribution in [2.75, 3.05) is 5.73 Å². The molecular formula is C13H10N2O2S. The van der Waals surface area contributed by atoms with Crippen molar-refractivity contribution in [3.8, 4) is 21.6 Å². The molecule has 0 aliphatic heterocycles. The predicted molar refractivity (Wildman–Crippen MR) is 70.2 cm³/mol. The molecule has 0 spiro atoms. The highest BCUT2D eigenvalue weighted by molar-refractivity contribution is 7.18. The lowest BCUT2D eigenvalue weighted by molar-refractivity contribution is -0.131. The average Bonchev–Trinajstić information content (AvgIpc) is 2.70. The van der Waals surface area contributed by atoms with Gasteiger partial charge >= 0.3 is 5.97 Å². The van der Waals surface area contributed by atoms with Crippen molar-refractivity contribution in [3.63, 3.8) is 0 Å². The number of thiophene rings is 1. The standard InChI is InChI=1S/C13H10N2O2S/c1-8(16)17-13-11(15)6-12(18-13)10-4-2-9(7-14)3-5-10/h2-6H,15H2,1H3. The number of hydrogen-bond acceptors (Lipinski definition) is 5.